The number of hydrogen-bond acceptors (Lipinski definition) is 8. The van der Waals surface area contributed by atoms with E-state index in [1.165, 1.54) is 0 Å². The Hall–Kier alpha value is 0.119. The zero-order chi connectivity index (χ0) is 21.3. The van der Waals surface area contributed by atoms with E-state index >= 15 is 0 Å². The molecule has 0 atom stereocenters. The largest absolute Gasteiger partial charge is 1.00 e. The summed E-state index contributed by atoms with van der Waals surface area (Å²) < 4.78 is 41.9. The van der Waals surface area contributed by atoms with E-state index in [-0.39, 0.29) is 81.3 Å². The van der Waals surface area contributed by atoms with Gasteiger partial charge in [-0.15, -0.1) is 0 Å². The van der Waals surface area contributed by atoms with E-state index in [4.69, 9.17) is 27.0 Å². The van der Waals surface area contributed by atoms with Crippen LogP contribution in [0.15, 0.2) is 24.3 Å². The number of nitrogens with two attached hydrogens (primary N) is 2. The van der Waals surface area contributed by atoms with Crippen molar-refractivity contribution in [2.24, 2.45) is 11.7 Å². The van der Waals surface area contributed by atoms with Gasteiger partial charge in [-0.05, 0) is 25.0 Å². The van der Waals surface area contributed by atoms with E-state index in [1.54, 1.807) is 24.3 Å². The normalized spacial score (nSPS) is 9.17. The van der Waals surface area contributed by atoms with Gasteiger partial charge < -0.3 is 10.9 Å². The monoisotopic (exact) mass is 475 g/mol. The maximum atomic E-state index is 11.9. The number of unbranched alkanes of at least 4 members (excludes halogenated alkanes) is 2. The molecule has 1 aromatic carbocycles. The first-order chi connectivity index (χ1) is 12.7. The van der Waals surface area contributed by atoms with Crippen molar-refractivity contribution < 1.29 is 89.4 Å². The van der Waals surface area contributed by atoms with Crippen LogP contribution in [0.4, 0.5) is 0 Å². The minimum atomic E-state index is -4.67. The molecular weight excluding hydrogens is 446 g/mol. The molecule has 6 N–H and O–H groups in total. The molecular formula is C16H29AlKN2O8S. The molecule has 10 nitrogen and oxygen atoms in total. The third kappa shape index (κ3) is 22.6. The van der Waals surface area contributed by atoms with E-state index in [9.17, 15) is 9.59 Å². The maximum Gasteiger partial charge on any atom is 1.00 e. The van der Waals surface area contributed by atoms with Gasteiger partial charge in [0.2, 0.25) is 0 Å². The topological polar surface area (TPSA) is 179 Å². The number of rotatable bonds is 8. The van der Waals surface area contributed by atoms with Gasteiger partial charge in [0.25, 0.3) is 0 Å². The van der Waals surface area contributed by atoms with Crippen LogP contribution in [0.5, 0.6) is 0 Å². The fourth-order valence-electron chi connectivity index (χ4n) is 1.61. The number of hydrazine groups is 1. The van der Waals surface area contributed by atoms with Crippen molar-refractivity contribution in [3.8, 4) is 0 Å². The molecule has 0 aliphatic carbocycles. The first-order valence-electron chi connectivity index (χ1n) is 8.17. The summed E-state index contributed by atoms with van der Waals surface area (Å²) in [5, 5.41) is 0. The van der Waals surface area contributed by atoms with E-state index in [0.29, 0.717) is 13.2 Å². The molecule has 1 rings (SSSR count). The summed E-state index contributed by atoms with van der Waals surface area (Å²) in [7, 11) is -4.67. The Morgan fingerprint density at radius 2 is 1.21 bits per heavy atom. The molecule has 0 saturated heterocycles. The minimum Gasteiger partial charge on any atom is -1.00 e. The van der Waals surface area contributed by atoms with Gasteiger partial charge in [-0.25, -0.2) is 9.59 Å². The van der Waals surface area contributed by atoms with Crippen LogP contribution in [0, 0.1) is 0 Å². The number of benzene rings is 1. The zero-order valence-electron chi connectivity index (χ0n) is 18.0. The number of carbonyl (C=O) groups is 2. The van der Waals surface area contributed by atoms with Crippen molar-refractivity contribution in [3.63, 3.8) is 0 Å². The number of esters is 2. The van der Waals surface area contributed by atoms with Crippen LogP contribution in [0.1, 0.15) is 61.7 Å². The first-order valence-corrected chi connectivity index (χ1v) is 9.56. The van der Waals surface area contributed by atoms with Crippen molar-refractivity contribution >= 4 is 39.7 Å². The molecule has 0 amide bonds. The van der Waals surface area contributed by atoms with E-state index in [2.05, 4.69) is 11.7 Å². The summed E-state index contributed by atoms with van der Waals surface area (Å²) >= 11 is 0. The Kier molecular flexibility index (Phi) is 28.7. The molecule has 0 spiro atoms. The predicted molar refractivity (Wildman–Crippen MR) is 106 cm³/mol. The van der Waals surface area contributed by atoms with Gasteiger partial charge in [0.15, 0.2) is 0 Å². The van der Waals surface area contributed by atoms with Crippen molar-refractivity contribution in [1.29, 1.82) is 0 Å². The molecule has 0 saturated carbocycles. The Morgan fingerprint density at radius 1 is 0.931 bits per heavy atom. The van der Waals surface area contributed by atoms with Crippen LogP contribution in [-0.2, 0) is 19.9 Å². The average Bonchev–Trinajstić information content (AvgIpc) is 2.62. The van der Waals surface area contributed by atoms with Gasteiger partial charge in [0.05, 0.1) is 24.3 Å². The summed E-state index contributed by atoms with van der Waals surface area (Å²) in [4.78, 5) is 23.9. The summed E-state index contributed by atoms with van der Waals surface area (Å²) in [6.07, 6.45) is 3.53. The minimum absolute atomic E-state index is 0. The van der Waals surface area contributed by atoms with Crippen LogP contribution in [0.3, 0.4) is 0 Å². The standard InChI is InChI=1S/C16H22O4.Al.K.H4N2.H2O4S.H/c1-3-5-11-19-15(17)13-9-7-8-10-14(13)16(18)20-12-6-4-2;;;1-2;1-5(2,3)4;/h7-10H,3-6,11-12H2,1-2H3;;;1-2H2;(H2,1,2,3,4);/q;;+1;;;-1. The molecule has 161 valence electrons. The number of carbonyl (C=O) groups excluding carboxylic acids is 2. The van der Waals surface area contributed by atoms with Crippen molar-refractivity contribution in [2.75, 3.05) is 13.2 Å². The molecule has 0 aliphatic heterocycles. The van der Waals surface area contributed by atoms with E-state index < -0.39 is 22.3 Å². The van der Waals surface area contributed by atoms with Crippen LogP contribution >= 0.6 is 0 Å². The number of hydrogen-bond donors (Lipinski definition) is 4. The fourth-order valence-corrected chi connectivity index (χ4v) is 1.61. The molecule has 0 heterocycles. The Labute approximate surface area is 226 Å². The van der Waals surface area contributed by atoms with Gasteiger partial charge >= 0.3 is 73.7 Å². The van der Waals surface area contributed by atoms with Crippen molar-refractivity contribution in [1.82, 2.24) is 0 Å². The molecule has 13 heteroatoms. The Morgan fingerprint density at radius 3 is 1.45 bits per heavy atom. The molecule has 29 heavy (non-hydrogen) atoms. The van der Waals surface area contributed by atoms with Gasteiger partial charge in [-0.1, -0.05) is 38.8 Å². The fraction of sp³-hybridized carbons (Fsp3) is 0.500. The van der Waals surface area contributed by atoms with Gasteiger partial charge in [0, 0.05) is 17.4 Å². The zero-order valence-corrected chi connectivity index (χ0v) is 22.1. The first kappa shape index (κ1) is 36.5. The summed E-state index contributed by atoms with van der Waals surface area (Å²) in [5.74, 6) is 7.06. The molecule has 0 unspecified atom stereocenters. The second kappa shape index (κ2) is 22.8. The third-order valence-corrected chi connectivity index (χ3v) is 2.83. The summed E-state index contributed by atoms with van der Waals surface area (Å²) in [6, 6.07) is 6.59. The number of ether oxygens (including phenoxy) is 2. The van der Waals surface area contributed by atoms with Crippen LogP contribution in [0.2, 0.25) is 0 Å². The summed E-state index contributed by atoms with van der Waals surface area (Å²) in [6.45, 7) is 4.78. The maximum absolute atomic E-state index is 11.9. The predicted octanol–water partition coefficient (Wildman–Crippen LogP) is -1.50. The quantitative estimate of drug-likeness (QED) is 0.0863. The van der Waals surface area contributed by atoms with Crippen LogP contribution in [0.25, 0.3) is 0 Å². The van der Waals surface area contributed by atoms with E-state index in [1.807, 2.05) is 13.8 Å². The Bertz CT molecular complexity index is 619. The second-order valence-corrected chi connectivity index (χ2v) is 5.87. The molecule has 0 aromatic heterocycles. The van der Waals surface area contributed by atoms with Gasteiger partial charge in [-0.3, -0.25) is 20.8 Å². The van der Waals surface area contributed by atoms with Gasteiger partial charge in [0.1, 0.15) is 0 Å². The van der Waals surface area contributed by atoms with E-state index in [0.717, 1.165) is 25.7 Å². The SMILES string of the molecule is CCCCOC(=O)c1ccccc1C(=O)OCCCC.NN.O=S(=O)(O)O.[Al].[H-].[K+]. The van der Waals surface area contributed by atoms with Crippen LogP contribution in [-0.4, -0.2) is 60.0 Å². The molecule has 0 aliphatic rings. The molecule has 0 fully saturated rings. The molecule has 0 bridgehead atoms. The third-order valence-electron chi connectivity index (χ3n) is 2.83. The van der Waals surface area contributed by atoms with Crippen LogP contribution < -0.4 is 63.1 Å². The van der Waals surface area contributed by atoms with Gasteiger partial charge in [-0.2, -0.15) is 8.42 Å². The van der Waals surface area contributed by atoms with Crippen molar-refractivity contribution in [3.05, 3.63) is 35.4 Å². The second-order valence-electron chi connectivity index (χ2n) is 4.97. The summed E-state index contributed by atoms with van der Waals surface area (Å²) in [5.41, 5.74) is 0.537. The Balaban J connectivity index is -0.000000183. The van der Waals surface area contributed by atoms with Crippen molar-refractivity contribution in [2.45, 2.75) is 39.5 Å². The average molecular weight is 476 g/mol. The molecule has 1 aromatic rings. The smallest absolute Gasteiger partial charge is 1.00 e. The molecule has 3 radical (unpaired) electrons.